The molecule has 7 nitrogen and oxygen atoms in total. The number of hydrogen-bond donors (Lipinski definition) is 2. The van der Waals surface area contributed by atoms with Crippen molar-refractivity contribution in [2.45, 2.75) is 46.3 Å². The summed E-state index contributed by atoms with van der Waals surface area (Å²) >= 11 is 0. The molecule has 9 heteroatoms. The maximum atomic E-state index is 13.9. The molecule has 0 saturated carbocycles. The minimum absolute atomic E-state index is 0.159. The van der Waals surface area contributed by atoms with Crippen molar-refractivity contribution >= 4 is 11.8 Å². The van der Waals surface area contributed by atoms with Crippen LogP contribution in [0.4, 0.5) is 8.78 Å². The summed E-state index contributed by atoms with van der Waals surface area (Å²) in [7, 11) is 3.45. The third kappa shape index (κ3) is 4.92. The molecule has 1 aliphatic rings. The summed E-state index contributed by atoms with van der Waals surface area (Å²) in [5.41, 5.74) is 0.548. The van der Waals surface area contributed by atoms with Crippen LogP contribution in [0.3, 0.4) is 0 Å². The predicted octanol–water partition coefficient (Wildman–Crippen LogP) is 2.55. The molecule has 1 aromatic carbocycles. The summed E-state index contributed by atoms with van der Waals surface area (Å²) in [6, 6.07) is 2.43. The number of aromatic nitrogens is 2. The van der Waals surface area contributed by atoms with Crippen molar-refractivity contribution in [1.82, 2.24) is 25.1 Å². The van der Waals surface area contributed by atoms with Gasteiger partial charge in [0.2, 0.25) is 5.91 Å². The molecule has 1 aliphatic heterocycles. The number of likely N-dealkylation sites (N-methyl/N-ethyl adjacent to an activating group) is 1. The van der Waals surface area contributed by atoms with Crippen LogP contribution in [0.5, 0.6) is 0 Å². The first-order valence-corrected chi connectivity index (χ1v) is 10.3. The molecule has 0 aliphatic carbocycles. The Hall–Kier alpha value is -2.81. The molecule has 0 spiro atoms. The van der Waals surface area contributed by atoms with Gasteiger partial charge in [-0.3, -0.25) is 9.59 Å². The summed E-state index contributed by atoms with van der Waals surface area (Å²) in [5, 5.41) is 5.38. The van der Waals surface area contributed by atoms with Gasteiger partial charge in [-0.25, -0.2) is 13.8 Å². The molecule has 3 rings (SSSR count). The maximum absolute atomic E-state index is 13.9. The van der Waals surface area contributed by atoms with Crippen LogP contribution in [-0.2, 0) is 17.9 Å². The van der Waals surface area contributed by atoms with Crippen LogP contribution in [0.1, 0.15) is 43.4 Å². The summed E-state index contributed by atoms with van der Waals surface area (Å²) in [6.07, 6.45) is 0.800. The fourth-order valence-electron chi connectivity index (χ4n) is 3.83. The summed E-state index contributed by atoms with van der Waals surface area (Å²) in [6.45, 7) is 7.39. The second kappa shape index (κ2) is 8.74. The fraction of sp³-hybridized carbons (Fsp3) is 0.500. The molecule has 2 N–H and O–H groups in total. The number of nitrogens with zero attached hydrogens (tertiary/aromatic N) is 3. The number of benzene rings is 1. The van der Waals surface area contributed by atoms with Gasteiger partial charge in [0, 0.05) is 31.8 Å². The van der Waals surface area contributed by atoms with E-state index >= 15 is 0 Å². The van der Waals surface area contributed by atoms with Gasteiger partial charge in [0.25, 0.3) is 5.91 Å². The standard InChI is InChI=1S/C22H29F2N5O2/c1-22(2,3)18(21(31)25-4)27-20(30)17-16-12-28(5)7-6-8-29(16)19(26-17)13-9-14(23)11-15(24)10-13/h9-11,18H,6-8,12H2,1-5H3,(H,25,31)(H,27,30)/t18-/m1/s1. The van der Waals surface area contributed by atoms with E-state index in [1.54, 1.807) is 0 Å². The lowest BCUT2D eigenvalue weighted by molar-refractivity contribution is -0.124. The summed E-state index contributed by atoms with van der Waals surface area (Å²) in [4.78, 5) is 32.2. The van der Waals surface area contributed by atoms with E-state index in [1.165, 1.54) is 19.2 Å². The smallest absolute Gasteiger partial charge is 0.272 e. The molecule has 168 valence electrons. The lowest BCUT2D eigenvalue weighted by Crippen LogP contribution is -2.53. The quantitative estimate of drug-likeness (QED) is 0.777. The lowest BCUT2D eigenvalue weighted by atomic mass is 9.86. The molecule has 31 heavy (non-hydrogen) atoms. The number of nitrogens with one attached hydrogen (secondary N) is 2. The second-order valence-electron chi connectivity index (χ2n) is 9.02. The van der Waals surface area contributed by atoms with Gasteiger partial charge in [-0.2, -0.15) is 0 Å². The van der Waals surface area contributed by atoms with Crippen LogP contribution in [0.15, 0.2) is 18.2 Å². The molecule has 0 bridgehead atoms. The van der Waals surface area contributed by atoms with E-state index in [-0.39, 0.29) is 17.2 Å². The minimum atomic E-state index is -0.777. The second-order valence-corrected chi connectivity index (χ2v) is 9.02. The molecule has 1 atom stereocenters. The van der Waals surface area contributed by atoms with Crippen LogP contribution >= 0.6 is 0 Å². The first-order valence-electron chi connectivity index (χ1n) is 10.3. The van der Waals surface area contributed by atoms with E-state index in [9.17, 15) is 18.4 Å². The number of hydrogen-bond acceptors (Lipinski definition) is 4. The topological polar surface area (TPSA) is 79.3 Å². The highest BCUT2D eigenvalue weighted by molar-refractivity contribution is 5.97. The zero-order valence-electron chi connectivity index (χ0n) is 18.6. The molecular weight excluding hydrogens is 404 g/mol. The van der Waals surface area contributed by atoms with Gasteiger partial charge in [-0.15, -0.1) is 0 Å². The first kappa shape index (κ1) is 22.9. The number of carbonyl (C=O) groups excluding carboxylic acids is 2. The number of imidazole rings is 1. The Morgan fingerprint density at radius 3 is 2.35 bits per heavy atom. The SMILES string of the molecule is CNC(=O)[C@@H](NC(=O)c1nc(-c2cc(F)cc(F)c2)n2c1CN(C)CCC2)C(C)(C)C. The fourth-order valence-corrected chi connectivity index (χ4v) is 3.83. The van der Waals surface area contributed by atoms with E-state index < -0.39 is 29.0 Å². The molecule has 0 radical (unpaired) electrons. The van der Waals surface area contributed by atoms with Crippen molar-refractivity contribution in [3.8, 4) is 11.4 Å². The molecule has 1 aromatic heterocycles. The van der Waals surface area contributed by atoms with Gasteiger partial charge >= 0.3 is 0 Å². The number of rotatable bonds is 4. The Morgan fingerprint density at radius 1 is 1.13 bits per heavy atom. The highest BCUT2D eigenvalue weighted by Gasteiger charge is 2.34. The average Bonchev–Trinajstić information content (AvgIpc) is 2.90. The Labute approximate surface area is 180 Å². The van der Waals surface area contributed by atoms with Crippen molar-refractivity contribution in [3.05, 3.63) is 41.2 Å². The minimum Gasteiger partial charge on any atom is -0.357 e. The van der Waals surface area contributed by atoms with E-state index in [2.05, 4.69) is 20.5 Å². The first-order chi connectivity index (χ1) is 14.5. The Kier molecular flexibility index (Phi) is 6.45. The number of fused-ring (bicyclic) bond motifs is 1. The van der Waals surface area contributed by atoms with Crippen LogP contribution in [-0.4, -0.2) is 52.9 Å². The van der Waals surface area contributed by atoms with E-state index in [4.69, 9.17) is 0 Å². The highest BCUT2D eigenvalue weighted by atomic mass is 19.1. The van der Waals surface area contributed by atoms with E-state index in [0.717, 1.165) is 19.0 Å². The van der Waals surface area contributed by atoms with Crippen molar-refractivity contribution in [3.63, 3.8) is 0 Å². The third-order valence-corrected chi connectivity index (χ3v) is 5.40. The normalized spacial score (nSPS) is 15.7. The van der Waals surface area contributed by atoms with Gasteiger partial charge in [-0.05, 0) is 37.6 Å². The van der Waals surface area contributed by atoms with Crippen molar-refractivity contribution < 1.29 is 18.4 Å². The number of carbonyl (C=O) groups is 2. The van der Waals surface area contributed by atoms with Crippen molar-refractivity contribution in [2.24, 2.45) is 5.41 Å². The van der Waals surface area contributed by atoms with Crippen LogP contribution in [0.2, 0.25) is 0 Å². The summed E-state index contributed by atoms with van der Waals surface area (Å²) < 4.78 is 29.6. The zero-order chi connectivity index (χ0) is 22.9. The monoisotopic (exact) mass is 433 g/mol. The Morgan fingerprint density at radius 2 is 1.77 bits per heavy atom. The Balaban J connectivity index is 2.08. The largest absolute Gasteiger partial charge is 0.357 e. The lowest BCUT2D eigenvalue weighted by Gasteiger charge is -2.29. The van der Waals surface area contributed by atoms with Gasteiger partial charge in [0.1, 0.15) is 23.5 Å². The highest BCUT2D eigenvalue weighted by Crippen LogP contribution is 2.28. The molecule has 2 aromatic rings. The van der Waals surface area contributed by atoms with E-state index in [1.807, 2.05) is 32.4 Å². The predicted molar refractivity (Wildman–Crippen MR) is 113 cm³/mol. The third-order valence-electron chi connectivity index (χ3n) is 5.40. The molecule has 2 amide bonds. The Bertz CT molecular complexity index is 976. The average molecular weight is 434 g/mol. The van der Waals surface area contributed by atoms with Gasteiger partial charge in [0.15, 0.2) is 5.69 Å². The summed E-state index contributed by atoms with van der Waals surface area (Å²) in [5.74, 6) is -1.89. The molecule has 0 fully saturated rings. The maximum Gasteiger partial charge on any atom is 0.272 e. The van der Waals surface area contributed by atoms with E-state index in [0.29, 0.717) is 24.6 Å². The van der Waals surface area contributed by atoms with Gasteiger partial charge in [-0.1, -0.05) is 20.8 Å². The molecule has 0 unspecified atom stereocenters. The number of halogens is 2. The van der Waals surface area contributed by atoms with Crippen molar-refractivity contribution in [2.75, 3.05) is 20.6 Å². The van der Waals surface area contributed by atoms with Crippen LogP contribution in [0, 0.1) is 17.0 Å². The molecular formula is C22H29F2N5O2. The van der Waals surface area contributed by atoms with Gasteiger partial charge < -0.3 is 20.1 Å². The molecule has 2 heterocycles. The van der Waals surface area contributed by atoms with Gasteiger partial charge in [0.05, 0.1) is 5.69 Å². The van der Waals surface area contributed by atoms with Crippen LogP contribution < -0.4 is 10.6 Å². The van der Waals surface area contributed by atoms with Crippen molar-refractivity contribution in [1.29, 1.82) is 0 Å². The zero-order valence-corrected chi connectivity index (χ0v) is 18.6. The molecule has 0 saturated heterocycles. The number of amides is 2. The van der Waals surface area contributed by atoms with Crippen LogP contribution in [0.25, 0.3) is 11.4 Å².